The summed E-state index contributed by atoms with van der Waals surface area (Å²) in [6.07, 6.45) is 0. The summed E-state index contributed by atoms with van der Waals surface area (Å²) in [6.45, 7) is 3.54. The van der Waals surface area contributed by atoms with Crippen LogP contribution < -0.4 is 27.0 Å². The van der Waals surface area contributed by atoms with E-state index in [0.717, 1.165) is 14.7 Å². The van der Waals surface area contributed by atoms with Crippen LogP contribution in [0.3, 0.4) is 0 Å². The highest BCUT2D eigenvalue weighted by molar-refractivity contribution is 6.03. The normalized spacial score (nSPS) is 13.3. The van der Waals surface area contributed by atoms with Gasteiger partial charge in [-0.2, -0.15) is 0 Å². The summed E-state index contributed by atoms with van der Waals surface area (Å²) in [6, 6.07) is 6.57. The zero-order valence-corrected chi connectivity index (χ0v) is 15.6. The summed E-state index contributed by atoms with van der Waals surface area (Å²) >= 11 is 0. The van der Waals surface area contributed by atoms with Crippen LogP contribution >= 0.6 is 0 Å². The van der Waals surface area contributed by atoms with Crippen molar-refractivity contribution in [2.24, 2.45) is 14.1 Å². The van der Waals surface area contributed by atoms with Crippen molar-refractivity contribution in [2.45, 2.75) is 25.9 Å². The number of benzene rings is 1. The number of Topliss-reactive ketones (excluding diaryl/α,β-unsaturated/α-hetero) is 1. The molecule has 26 heavy (non-hydrogen) atoms. The number of nitrogen functional groups attached to an aromatic ring is 1. The molecule has 0 saturated heterocycles. The van der Waals surface area contributed by atoms with Gasteiger partial charge in [-0.3, -0.25) is 18.7 Å². The number of para-hydroxylation sites is 1. The van der Waals surface area contributed by atoms with Gasteiger partial charge < -0.3 is 15.8 Å². The summed E-state index contributed by atoms with van der Waals surface area (Å²) < 4.78 is 7.30. The van der Waals surface area contributed by atoms with Crippen LogP contribution in [0.1, 0.15) is 35.8 Å². The van der Waals surface area contributed by atoms with E-state index in [1.807, 2.05) is 31.2 Å². The van der Waals surface area contributed by atoms with Crippen LogP contribution in [0.25, 0.3) is 0 Å². The second-order valence-corrected chi connectivity index (χ2v) is 6.18. The minimum Gasteiger partial charge on any atom is -0.496 e. The van der Waals surface area contributed by atoms with E-state index in [0.29, 0.717) is 5.75 Å². The van der Waals surface area contributed by atoms with Crippen LogP contribution in [0.4, 0.5) is 5.82 Å². The first-order chi connectivity index (χ1) is 12.2. The fourth-order valence-corrected chi connectivity index (χ4v) is 2.87. The van der Waals surface area contributed by atoms with Crippen molar-refractivity contribution in [1.29, 1.82) is 0 Å². The van der Waals surface area contributed by atoms with E-state index in [9.17, 15) is 14.4 Å². The Morgan fingerprint density at radius 3 is 2.38 bits per heavy atom. The van der Waals surface area contributed by atoms with Gasteiger partial charge in [0.05, 0.1) is 13.2 Å². The first-order valence-electron chi connectivity index (χ1n) is 8.19. The van der Waals surface area contributed by atoms with Crippen molar-refractivity contribution in [1.82, 2.24) is 14.5 Å². The third-order valence-corrected chi connectivity index (χ3v) is 4.45. The third kappa shape index (κ3) is 3.41. The molecule has 1 aromatic heterocycles. The fourth-order valence-electron chi connectivity index (χ4n) is 2.87. The molecule has 0 aliphatic heterocycles. The Morgan fingerprint density at radius 1 is 1.15 bits per heavy atom. The molecule has 2 rings (SSSR count). The first kappa shape index (κ1) is 19.5. The predicted molar refractivity (Wildman–Crippen MR) is 99.7 cm³/mol. The second-order valence-electron chi connectivity index (χ2n) is 6.18. The molecule has 2 atom stereocenters. The van der Waals surface area contributed by atoms with Gasteiger partial charge in [0, 0.05) is 25.7 Å². The molecule has 1 heterocycles. The molecule has 140 valence electrons. The zero-order valence-electron chi connectivity index (χ0n) is 15.6. The summed E-state index contributed by atoms with van der Waals surface area (Å²) in [4.78, 5) is 37.1. The Hall–Kier alpha value is -2.87. The number of carbonyl (C=O) groups excluding carboxylic acids is 1. The maximum atomic E-state index is 12.8. The van der Waals surface area contributed by atoms with Crippen molar-refractivity contribution < 1.29 is 9.53 Å². The Labute approximate surface area is 151 Å². The van der Waals surface area contributed by atoms with Gasteiger partial charge in [0.15, 0.2) is 5.78 Å². The molecule has 0 aliphatic carbocycles. The number of hydrogen-bond acceptors (Lipinski definition) is 6. The van der Waals surface area contributed by atoms with Gasteiger partial charge in [-0.1, -0.05) is 18.2 Å². The highest BCUT2D eigenvalue weighted by atomic mass is 16.5. The van der Waals surface area contributed by atoms with Crippen LogP contribution in [0, 0.1) is 0 Å². The van der Waals surface area contributed by atoms with Gasteiger partial charge in [-0.05, 0) is 19.9 Å². The largest absolute Gasteiger partial charge is 0.496 e. The SMILES string of the molecule is COc1ccccc1[C@@H](C)N[C@H](C)C(=O)c1c(N)n(C)c(=O)n(C)c1=O. The molecule has 8 nitrogen and oxygen atoms in total. The first-order valence-corrected chi connectivity index (χ1v) is 8.19. The molecular formula is C18H24N4O4. The quantitative estimate of drug-likeness (QED) is 0.730. The van der Waals surface area contributed by atoms with E-state index < -0.39 is 23.1 Å². The summed E-state index contributed by atoms with van der Waals surface area (Å²) in [5.41, 5.74) is 5.28. The molecule has 8 heteroatoms. The number of aromatic nitrogens is 2. The number of nitrogens with zero attached hydrogens (tertiary/aromatic N) is 2. The van der Waals surface area contributed by atoms with Gasteiger partial charge in [0.1, 0.15) is 17.1 Å². The van der Waals surface area contributed by atoms with E-state index in [-0.39, 0.29) is 17.4 Å². The Morgan fingerprint density at radius 2 is 1.77 bits per heavy atom. The summed E-state index contributed by atoms with van der Waals surface area (Å²) in [5.74, 6) is 0.0897. The van der Waals surface area contributed by atoms with E-state index in [4.69, 9.17) is 10.5 Å². The van der Waals surface area contributed by atoms with Crippen molar-refractivity contribution in [3.8, 4) is 5.75 Å². The van der Waals surface area contributed by atoms with Crippen molar-refractivity contribution >= 4 is 11.6 Å². The number of anilines is 1. The molecule has 0 spiro atoms. The molecule has 0 unspecified atom stereocenters. The van der Waals surface area contributed by atoms with Crippen LogP contribution in [0.2, 0.25) is 0 Å². The molecule has 3 N–H and O–H groups in total. The molecule has 0 aliphatic rings. The van der Waals surface area contributed by atoms with Gasteiger partial charge in [-0.15, -0.1) is 0 Å². The smallest absolute Gasteiger partial charge is 0.332 e. The summed E-state index contributed by atoms with van der Waals surface area (Å²) in [7, 11) is 4.31. The van der Waals surface area contributed by atoms with Crippen LogP contribution in [0.5, 0.6) is 5.75 Å². The zero-order chi connectivity index (χ0) is 19.6. The summed E-state index contributed by atoms with van der Waals surface area (Å²) in [5, 5.41) is 3.16. The average Bonchev–Trinajstić information content (AvgIpc) is 2.64. The lowest BCUT2D eigenvalue weighted by molar-refractivity contribution is 0.0943. The lowest BCUT2D eigenvalue weighted by atomic mass is 10.0. The average molecular weight is 360 g/mol. The monoisotopic (exact) mass is 360 g/mol. The number of carbonyl (C=O) groups is 1. The van der Waals surface area contributed by atoms with Gasteiger partial charge >= 0.3 is 5.69 Å². The lowest BCUT2D eigenvalue weighted by Gasteiger charge is -2.22. The van der Waals surface area contributed by atoms with Crippen molar-refractivity contribution in [3.63, 3.8) is 0 Å². The number of hydrogen-bond donors (Lipinski definition) is 2. The standard InChI is InChI=1S/C18H24N4O4/c1-10(12-8-6-7-9-13(12)26-5)20-11(2)15(23)14-16(19)21(3)18(25)22(4)17(14)24/h6-11,20H,19H2,1-5H3/t10-,11-/m1/s1. The maximum absolute atomic E-state index is 12.8. The number of nitrogens with two attached hydrogens (primary N) is 1. The van der Waals surface area contributed by atoms with E-state index in [1.165, 1.54) is 14.1 Å². The highest BCUT2D eigenvalue weighted by Crippen LogP contribution is 2.25. The fraction of sp³-hybridized carbons (Fsp3) is 0.389. The van der Waals surface area contributed by atoms with E-state index in [1.54, 1.807) is 14.0 Å². The maximum Gasteiger partial charge on any atom is 0.332 e. The van der Waals surface area contributed by atoms with E-state index >= 15 is 0 Å². The number of rotatable bonds is 6. The molecule has 0 saturated carbocycles. The van der Waals surface area contributed by atoms with E-state index in [2.05, 4.69) is 5.32 Å². The lowest BCUT2D eigenvalue weighted by Crippen LogP contribution is -2.45. The van der Waals surface area contributed by atoms with Crippen molar-refractivity contribution in [3.05, 3.63) is 56.2 Å². The van der Waals surface area contributed by atoms with Crippen LogP contribution in [-0.4, -0.2) is 28.1 Å². The Kier molecular flexibility index (Phi) is 5.66. The minimum atomic E-state index is -0.700. The van der Waals surface area contributed by atoms with Crippen LogP contribution in [0.15, 0.2) is 33.9 Å². The van der Waals surface area contributed by atoms with Gasteiger partial charge in [0.25, 0.3) is 5.56 Å². The number of nitrogens with one attached hydrogen (secondary N) is 1. The molecule has 0 fully saturated rings. The number of ketones is 1. The topological polar surface area (TPSA) is 108 Å². The Bertz CT molecular complexity index is 945. The molecule has 0 radical (unpaired) electrons. The molecule has 1 aromatic carbocycles. The number of methoxy groups -OCH3 is 1. The molecule has 2 aromatic rings. The minimum absolute atomic E-state index is 0.137. The van der Waals surface area contributed by atoms with Gasteiger partial charge in [-0.25, -0.2) is 4.79 Å². The van der Waals surface area contributed by atoms with Crippen LogP contribution in [-0.2, 0) is 14.1 Å². The Balaban J connectivity index is 2.34. The molecule has 0 amide bonds. The third-order valence-electron chi connectivity index (χ3n) is 4.45. The highest BCUT2D eigenvalue weighted by Gasteiger charge is 2.26. The van der Waals surface area contributed by atoms with Crippen molar-refractivity contribution in [2.75, 3.05) is 12.8 Å². The molecular weight excluding hydrogens is 336 g/mol. The number of ether oxygens (including phenoxy) is 1. The van der Waals surface area contributed by atoms with Gasteiger partial charge in [0.2, 0.25) is 0 Å². The predicted octanol–water partition coefficient (Wildman–Crippen LogP) is 0.597. The molecule has 0 bridgehead atoms. The second kappa shape index (κ2) is 7.57.